The Morgan fingerprint density at radius 2 is 0.660 bits per heavy atom. The van der Waals surface area contributed by atoms with Crippen LogP contribution in [0.25, 0.3) is 87.6 Å². The van der Waals surface area contributed by atoms with Crippen LogP contribution in [0.2, 0.25) is 0 Å². The van der Waals surface area contributed by atoms with E-state index < -0.39 is 0 Å². The van der Waals surface area contributed by atoms with Gasteiger partial charge < -0.3 is 4.74 Å². The maximum absolute atomic E-state index is 5.53. The molecule has 0 atom stereocenters. The van der Waals surface area contributed by atoms with Gasteiger partial charge in [0.25, 0.3) is 0 Å². The summed E-state index contributed by atoms with van der Waals surface area (Å²) in [5.41, 5.74) is 12.7. The highest BCUT2D eigenvalue weighted by Crippen LogP contribution is 2.43. The van der Waals surface area contributed by atoms with Crippen LogP contribution in [0.5, 0.6) is 5.75 Å². The lowest BCUT2D eigenvalue weighted by Crippen LogP contribution is -1.87. The van der Waals surface area contributed by atoms with E-state index in [9.17, 15) is 0 Å². The predicted molar refractivity (Wildman–Crippen MR) is 214 cm³/mol. The number of aromatic nitrogens is 2. The van der Waals surface area contributed by atoms with Gasteiger partial charge in [0.2, 0.25) is 0 Å². The quantitative estimate of drug-likeness (QED) is 0.182. The average molecular weight is 679 g/mol. The fourth-order valence-corrected chi connectivity index (χ4v) is 9.05. The summed E-state index contributed by atoms with van der Waals surface area (Å²) in [5.74, 6) is 0.822. The molecule has 0 N–H and O–H groups in total. The van der Waals surface area contributed by atoms with Crippen molar-refractivity contribution in [3.8, 4) is 50.3 Å². The van der Waals surface area contributed by atoms with Crippen molar-refractivity contribution in [1.82, 2.24) is 9.97 Å². The summed E-state index contributed by atoms with van der Waals surface area (Å²) in [6.45, 7) is 0. The molecule has 0 fully saturated rings. The summed E-state index contributed by atoms with van der Waals surface area (Å²) in [4.78, 5) is 10.8. The van der Waals surface area contributed by atoms with E-state index >= 15 is 0 Å². The maximum atomic E-state index is 5.53. The van der Waals surface area contributed by atoms with Crippen molar-refractivity contribution in [3.05, 3.63) is 162 Å². The first kappa shape index (κ1) is 30.2. The van der Waals surface area contributed by atoms with Crippen molar-refractivity contribution in [2.24, 2.45) is 0 Å². The molecule has 4 aromatic carbocycles. The standard InChI is InChI=1S/C45H30N2OS2/c1-48-33-19-17-32(18-20-33)45-37-24-23-36(47-37)44(31-15-9-4-10-16-31)39-26-25-38(49-39)42(29-11-5-2-6-12-29)34-21-22-35(46-34)43(30-13-7-3-8-14-30)40-27-28-41(45)50-40/h2-28H,1H3. The average Bonchev–Trinajstić information content (AvgIpc) is 4.01. The van der Waals surface area contributed by atoms with Gasteiger partial charge in [-0.3, -0.25) is 0 Å². The lowest BCUT2D eigenvalue weighted by atomic mass is 10.0. The molecule has 9 rings (SSSR count). The first-order valence-electron chi connectivity index (χ1n) is 16.5. The normalized spacial score (nSPS) is 11.9. The molecule has 3 aromatic heterocycles. The van der Waals surface area contributed by atoms with Gasteiger partial charge >= 0.3 is 0 Å². The van der Waals surface area contributed by atoms with Crippen molar-refractivity contribution in [3.63, 3.8) is 0 Å². The van der Waals surface area contributed by atoms with Gasteiger partial charge in [0.1, 0.15) is 5.75 Å². The van der Waals surface area contributed by atoms with E-state index in [0.29, 0.717) is 0 Å². The highest BCUT2D eigenvalue weighted by molar-refractivity contribution is 7.24. The molecule has 0 radical (unpaired) electrons. The molecule has 50 heavy (non-hydrogen) atoms. The zero-order chi connectivity index (χ0) is 33.4. The van der Waals surface area contributed by atoms with Crippen LogP contribution >= 0.6 is 22.7 Å². The smallest absolute Gasteiger partial charge is 0.118 e. The number of hydrogen-bond donors (Lipinski definition) is 0. The highest BCUT2D eigenvalue weighted by Gasteiger charge is 2.19. The first-order valence-corrected chi connectivity index (χ1v) is 18.2. The number of thiophene rings is 2. The molecular weight excluding hydrogens is 649 g/mol. The number of fused-ring (bicyclic) bond motifs is 8. The van der Waals surface area contributed by atoms with Gasteiger partial charge in [-0.1, -0.05) is 103 Å². The Morgan fingerprint density at radius 3 is 0.960 bits per heavy atom. The number of benzene rings is 4. The van der Waals surface area contributed by atoms with Crippen LogP contribution in [0.4, 0.5) is 0 Å². The molecule has 2 aliphatic heterocycles. The molecule has 0 aliphatic carbocycles. The number of ether oxygens (including phenoxy) is 1. The van der Waals surface area contributed by atoms with Gasteiger partial charge in [-0.05, 0) is 83.0 Å². The Labute approximate surface area is 298 Å². The fraction of sp³-hybridized carbons (Fsp3) is 0.0222. The summed E-state index contributed by atoms with van der Waals surface area (Å²) in [7, 11) is 1.70. The van der Waals surface area contributed by atoms with E-state index in [1.807, 2.05) is 12.1 Å². The van der Waals surface area contributed by atoms with E-state index in [4.69, 9.17) is 14.7 Å². The van der Waals surface area contributed by atoms with Gasteiger partial charge in [-0.2, -0.15) is 0 Å². The van der Waals surface area contributed by atoms with Gasteiger partial charge in [-0.15, -0.1) is 22.7 Å². The highest BCUT2D eigenvalue weighted by atomic mass is 32.1. The third-order valence-electron chi connectivity index (χ3n) is 9.07. The lowest BCUT2D eigenvalue weighted by molar-refractivity contribution is 0.415. The molecule has 0 unspecified atom stereocenters. The predicted octanol–water partition coefficient (Wildman–Crippen LogP) is 12.8. The summed E-state index contributed by atoms with van der Waals surface area (Å²) < 4.78 is 10.1. The van der Waals surface area contributed by atoms with Crippen LogP contribution in [0.15, 0.2) is 140 Å². The van der Waals surface area contributed by atoms with Gasteiger partial charge in [-0.25, -0.2) is 9.97 Å². The molecule has 3 nitrogen and oxygen atoms in total. The second kappa shape index (κ2) is 12.9. The van der Waals surface area contributed by atoms with Crippen LogP contribution in [-0.4, -0.2) is 17.1 Å². The Balaban J connectivity index is 1.47. The van der Waals surface area contributed by atoms with E-state index in [-0.39, 0.29) is 0 Å². The lowest BCUT2D eigenvalue weighted by Gasteiger charge is -2.06. The Kier molecular flexibility index (Phi) is 7.77. The van der Waals surface area contributed by atoms with Crippen LogP contribution in [0, 0.1) is 0 Å². The van der Waals surface area contributed by atoms with E-state index in [1.54, 1.807) is 29.8 Å². The maximum Gasteiger partial charge on any atom is 0.118 e. The third-order valence-corrected chi connectivity index (χ3v) is 11.3. The molecule has 0 amide bonds. The third kappa shape index (κ3) is 5.47. The largest absolute Gasteiger partial charge is 0.497 e. The van der Waals surface area contributed by atoms with Crippen molar-refractivity contribution < 1.29 is 4.74 Å². The summed E-state index contributed by atoms with van der Waals surface area (Å²) in [6, 6.07) is 49.1. The molecule has 8 bridgehead atoms. The van der Waals surface area contributed by atoms with Crippen LogP contribution < -0.4 is 4.74 Å². The van der Waals surface area contributed by atoms with Crippen molar-refractivity contribution in [1.29, 1.82) is 0 Å². The second-order valence-electron chi connectivity index (χ2n) is 12.1. The minimum atomic E-state index is 0.822. The molecule has 238 valence electrons. The van der Waals surface area contributed by atoms with Gasteiger partial charge in [0.05, 0.1) is 29.9 Å². The summed E-state index contributed by atoms with van der Waals surface area (Å²) in [6.07, 6.45) is 8.68. The SMILES string of the molecule is COc1ccc(-c2c3nc(c(-c4ccccc4)c4ccc(s4)c(-c4ccccc4)c4nc(c(-c5ccccc5)c5ccc2s5)C=C4)C=C3)cc1. The summed E-state index contributed by atoms with van der Waals surface area (Å²) >= 11 is 3.56. The van der Waals surface area contributed by atoms with Crippen LogP contribution in [0.1, 0.15) is 22.8 Å². The Bertz CT molecular complexity index is 2560. The molecule has 0 saturated carbocycles. The number of hydrogen-bond acceptors (Lipinski definition) is 5. The Hall–Kier alpha value is -5.88. The van der Waals surface area contributed by atoms with Crippen LogP contribution in [-0.2, 0) is 0 Å². The second-order valence-corrected chi connectivity index (χ2v) is 14.3. The number of methoxy groups -OCH3 is 1. The topological polar surface area (TPSA) is 35.0 Å². The van der Waals surface area contributed by atoms with E-state index in [0.717, 1.165) is 91.8 Å². The Morgan fingerprint density at radius 1 is 0.360 bits per heavy atom. The molecule has 5 heterocycles. The van der Waals surface area contributed by atoms with E-state index in [2.05, 4.69) is 152 Å². The zero-order valence-corrected chi connectivity index (χ0v) is 28.8. The molecular formula is C45H30N2OS2. The van der Waals surface area contributed by atoms with Crippen LogP contribution in [0.3, 0.4) is 0 Å². The molecule has 0 saturated heterocycles. The zero-order valence-electron chi connectivity index (χ0n) is 27.2. The molecule has 5 heteroatoms. The minimum absolute atomic E-state index is 0.822. The molecule has 0 spiro atoms. The van der Waals surface area contributed by atoms with Gasteiger partial charge in [0, 0.05) is 41.1 Å². The monoisotopic (exact) mass is 678 g/mol. The number of rotatable bonds is 5. The summed E-state index contributed by atoms with van der Waals surface area (Å²) in [5, 5.41) is 0. The van der Waals surface area contributed by atoms with Crippen molar-refractivity contribution in [2.75, 3.05) is 7.11 Å². The molecule has 7 aromatic rings. The fourth-order valence-electron chi connectivity index (χ4n) is 6.73. The van der Waals surface area contributed by atoms with Gasteiger partial charge in [0.15, 0.2) is 0 Å². The number of nitrogens with zero attached hydrogens (tertiary/aromatic N) is 2. The first-order chi connectivity index (χ1) is 24.7. The molecule has 2 aliphatic rings. The van der Waals surface area contributed by atoms with Crippen molar-refractivity contribution in [2.45, 2.75) is 0 Å². The minimum Gasteiger partial charge on any atom is -0.497 e. The van der Waals surface area contributed by atoms with E-state index in [1.165, 1.54) is 0 Å². The van der Waals surface area contributed by atoms with Crippen molar-refractivity contribution >= 4 is 65.8 Å².